The fourth-order valence-electron chi connectivity index (χ4n) is 1.03. The van der Waals surface area contributed by atoms with Gasteiger partial charge in [-0.1, -0.05) is 19.1 Å². The molecule has 1 aromatic carbocycles. The van der Waals surface area contributed by atoms with Crippen LogP contribution in [0.4, 0.5) is 5.69 Å². The second-order valence-electron chi connectivity index (χ2n) is 2.90. The largest absolute Gasteiger partial charge is 0.398 e. The van der Waals surface area contributed by atoms with Gasteiger partial charge in [0.05, 0.1) is 0 Å². The Bertz CT molecular complexity index is 303. The molecule has 0 saturated heterocycles. The van der Waals surface area contributed by atoms with Crippen molar-refractivity contribution in [2.75, 3.05) is 5.73 Å². The molecule has 0 aromatic heterocycles. The Kier molecular flexibility index (Phi) is 2.48. The SMILES string of the molecule is CCC(=N)c1ccc(C)c(N)c1. The van der Waals surface area contributed by atoms with Crippen LogP contribution in [0.15, 0.2) is 18.2 Å². The highest BCUT2D eigenvalue weighted by Crippen LogP contribution is 2.13. The van der Waals surface area contributed by atoms with Gasteiger partial charge in [-0.2, -0.15) is 0 Å². The Morgan fingerprint density at radius 1 is 1.50 bits per heavy atom. The van der Waals surface area contributed by atoms with Crippen LogP contribution in [0, 0.1) is 12.3 Å². The van der Waals surface area contributed by atoms with E-state index in [1.807, 2.05) is 32.0 Å². The molecule has 3 N–H and O–H groups in total. The first-order valence-electron chi connectivity index (χ1n) is 4.09. The van der Waals surface area contributed by atoms with Crippen molar-refractivity contribution in [3.63, 3.8) is 0 Å². The number of hydrogen-bond donors (Lipinski definition) is 2. The van der Waals surface area contributed by atoms with E-state index in [0.717, 1.165) is 23.2 Å². The molecule has 0 unspecified atom stereocenters. The number of rotatable bonds is 2. The zero-order chi connectivity index (χ0) is 9.14. The van der Waals surface area contributed by atoms with Crippen molar-refractivity contribution in [3.05, 3.63) is 29.3 Å². The van der Waals surface area contributed by atoms with Crippen molar-refractivity contribution in [2.45, 2.75) is 20.3 Å². The molecule has 0 aliphatic rings. The number of anilines is 1. The molecular weight excluding hydrogens is 148 g/mol. The third kappa shape index (κ3) is 1.64. The molecule has 2 nitrogen and oxygen atoms in total. The maximum Gasteiger partial charge on any atom is 0.0384 e. The lowest BCUT2D eigenvalue weighted by Gasteiger charge is -2.04. The average molecular weight is 162 g/mol. The molecule has 1 aromatic rings. The topological polar surface area (TPSA) is 49.9 Å². The molecule has 0 heterocycles. The van der Waals surface area contributed by atoms with Crippen molar-refractivity contribution in [3.8, 4) is 0 Å². The van der Waals surface area contributed by atoms with Crippen LogP contribution >= 0.6 is 0 Å². The molecule has 2 heteroatoms. The minimum atomic E-state index is 0.640. The lowest BCUT2D eigenvalue weighted by atomic mass is 10.1. The van der Waals surface area contributed by atoms with Gasteiger partial charge in [0.1, 0.15) is 0 Å². The van der Waals surface area contributed by atoms with Crippen molar-refractivity contribution in [1.29, 1.82) is 5.41 Å². The first-order valence-corrected chi connectivity index (χ1v) is 4.09. The monoisotopic (exact) mass is 162 g/mol. The van der Waals surface area contributed by atoms with Crippen LogP contribution in [-0.2, 0) is 0 Å². The summed E-state index contributed by atoms with van der Waals surface area (Å²) in [6.07, 6.45) is 0.752. The quantitative estimate of drug-likeness (QED) is 0.509. The zero-order valence-electron chi connectivity index (χ0n) is 7.52. The molecule has 1 rings (SSSR count). The molecule has 0 atom stereocenters. The smallest absolute Gasteiger partial charge is 0.0384 e. The molecule has 0 amide bonds. The van der Waals surface area contributed by atoms with E-state index in [-0.39, 0.29) is 0 Å². The Morgan fingerprint density at radius 3 is 2.67 bits per heavy atom. The van der Waals surface area contributed by atoms with Crippen LogP contribution in [-0.4, -0.2) is 5.71 Å². The molecular formula is C10H14N2. The average Bonchev–Trinajstić information content (AvgIpc) is 2.08. The summed E-state index contributed by atoms with van der Waals surface area (Å²) in [7, 11) is 0. The van der Waals surface area contributed by atoms with Crippen LogP contribution in [0.25, 0.3) is 0 Å². The summed E-state index contributed by atoms with van der Waals surface area (Å²) in [5, 5.41) is 7.59. The van der Waals surface area contributed by atoms with Gasteiger partial charge in [0.25, 0.3) is 0 Å². The highest BCUT2D eigenvalue weighted by Gasteiger charge is 2.00. The van der Waals surface area contributed by atoms with Gasteiger partial charge in [-0.15, -0.1) is 0 Å². The van der Waals surface area contributed by atoms with E-state index in [0.29, 0.717) is 5.71 Å². The Morgan fingerprint density at radius 2 is 2.17 bits per heavy atom. The van der Waals surface area contributed by atoms with Crippen LogP contribution in [0.3, 0.4) is 0 Å². The second-order valence-corrected chi connectivity index (χ2v) is 2.90. The normalized spacial score (nSPS) is 9.83. The molecule has 0 spiro atoms. The Labute approximate surface area is 72.9 Å². The van der Waals surface area contributed by atoms with Gasteiger partial charge in [-0.05, 0) is 30.5 Å². The van der Waals surface area contributed by atoms with Crippen LogP contribution in [0.5, 0.6) is 0 Å². The van der Waals surface area contributed by atoms with Gasteiger partial charge in [0, 0.05) is 11.4 Å². The van der Waals surface area contributed by atoms with Gasteiger partial charge in [-0.25, -0.2) is 0 Å². The van der Waals surface area contributed by atoms with Gasteiger partial charge >= 0.3 is 0 Å². The van der Waals surface area contributed by atoms with Gasteiger partial charge in [0.2, 0.25) is 0 Å². The lowest BCUT2D eigenvalue weighted by Crippen LogP contribution is -1.99. The molecule has 0 bridgehead atoms. The number of nitrogens with two attached hydrogens (primary N) is 1. The molecule has 0 radical (unpaired) electrons. The van der Waals surface area contributed by atoms with E-state index in [4.69, 9.17) is 11.1 Å². The van der Waals surface area contributed by atoms with Crippen LogP contribution in [0.2, 0.25) is 0 Å². The summed E-state index contributed by atoms with van der Waals surface area (Å²) >= 11 is 0. The minimum Gasteiger partial charge on any atom is -0.398 e. The van der Waals surface area contributed by atoms with Gasteiger partial charge in [0.15, 0.2) is 0 Å². The van der Waals surface area contributed by atoms with Crippen molar-refractivity contribution in [2.24, 2.45) is 0 Å². The third-order valence-electron chi connectivity index (χ3n) is 1.98. The highest BCUT2D eigenvalue weighted by molar-refractivity contribution is 5.98. The van der Waals surface area contributed by atoms with E-state index < -0.39 is 0 Å². The molecule has 0 fully saturated rings. The fraction of sp³-hybridized carbons (Fsp3) is 0.300. The number of nitrogens with one attached hydrogen (secondary N) is 1. The Balaban J connectivity index is 3.05. The predicted molar refractivity (Wildman–Crippen MR) is 52.7 cm³/mol. The van der Waals surface area contributed by atoms with E-state index in [1.165, 1.54) is 0 Å². The number of aryl methyl sites for hydroxylation is 1. The Hall–Kier alpha value is -1.31. The van der Waals surface area contributed by atoms with Gasteiger partial charge < -0.3 is 11.1 Å². The molecule has 0 aliphatic heterocycles. The molecule has 0 aliphatic carbocycles. The molecule has 12 heavy (non-hydrogen) atoms. The summed E-state index contributed by atoms with van der Waals surface area (Å²) in [5.74, 6) is 0. The molecule has 0 saturated carbocycles. The second kappa shape index (κ2) is 3.39. The van der Waals surface area contributed by atoms with E-state index in [9.17, 15) is 0 Å². The maximum atomic E-state index is 7.59. The maximum absolute atomic E-state index is 7.59. The van der Waals surface area contributed by atoms with Crippen LogP contribution < -0.4 is 5.73 Å². The summed E-state index contributed by atoms with van der Waals surface area (Å²) in [5.41, 5.74) is 9.13. The van der Waals surface area contributed by atoms with E-state index in [1.54, 1.807) is 0 Å². The fourth-order valence-corrected chi connectivity index (χ4v) is 1.03. The van der Waals surface area contributed by atoms with E-state index >= 15 is 0 Å². The lowest BCUT2D eigenvalue weighted by molar-refractivity contribution is 1.24. The summed E-state index contributed by atoms with van der Waals surface area (Å²) in [4.78, 5) is 0. The third-order valence-corrected chi connectivity index (χ3v) is 1.98. The first kappa shape index (κ1) is 8.78. The van der Waals surface area contributed by atoms with Crippen molar-refractivity contribution >= 4 is 11.4 Å². The summed E-state index contributed by atoms with van der Waals surface area (Å²) < 4.78 is 0. The predicted octanol–water partition coefficient (Wildman–Crippen LogP) is 2.36. The zero-order valence-corrected chi connectivity index (χ0v) is 7.52. The standard InChI is InChI=1S/C10H14N2/c1-3-9(11)8-5-4-7(2)10(12)6-8/h4-6,11H,3,12H2,1-2H3. The summed E-state index contributed by atoms with van der Waals surface area (Å²) in [6, 6.07) is 5.76. The van der Waals surface area contributed by atoms with Crippen molar-refractivity contribution in [1.82, 2.24) is 0 Å². The number of hydrogen-bond acceptors (Lipinski definition) is 2. The number of benzene rings is 1. The molecule has 64 valence electrons. The van der Waals surface area contributed by atoms with Crippen LogP contribution in [0.1, 0.15) is 24.5 Å². The highest BCUT2D eigenvalue weighted by atomic mass is 14.6. The first-order chi connectivity index (χ1) is 5.65. The van der Waals surface area contributed by atoms with Gasteiger partial charge in [-0.3, -0.25) is 0 Å². The van der Waals surface area contributed by atoms with E-state index in [2.05, 4.69) is 0 Å². The van der Waals surface area contributed by atoms with Crippen molar-refractivity contribution < 1.29 is 0 Å². The minimum absolute atomic E-state index is 0.640. The number of nitrogen functional groups attached to an aromatic ring is 1. The summed E-state index contributed by atoms with van der Waals surface area (Å²) in [6.45, 7) is 3.94.